The summed E-state index contributed by atoms with van der Waals surface area (Å²) >= 11 is 0. The zero-order valence-electron chi connectivity index (χ0n) is 21.6. The smallest absolute Gasteiger partial charge is 0.419 e. The molecule has 0 radical (unpaired) electrons. The molecule has 0 saturated carbocycles. The molecule has 2 aromatic heterocycles. The van der Waals surface area contributed by atoms with Crippen molar-refractivity contribution in [3.63, 3.8) is 0 Å². The average molecular weight is 507 g/mol. The highest BCUT2D eigenvalue weighted by Gasteiger charge is 2.27. The van der Waals surface area contributed by atoms with E-state index in [0.717, 1.165) is 11.1 Å². The highest BCUT2D eigenvalue weighted by molar-refractivity contribution is 6.14. The number of rotatable bonds is 3. The number of anilines is 2. The number of ether oxygens (including phenoxy) is 1. The predicted octanol–water partition coefficient (Wildman–Crippen LogP) is 3.33. The van der Waals surface area contributed by atoms with E-state index >= 15 is 0 Å². The molecule has 1 N–H and O–H groups in total. The second-order valence-electron chi connectivity index (χ2n) is 10.2. The third kappa shape index (κ3) is 4.76. The third-order valence-corrected chi connectivity index (χ3v) is 6.33. The number of oxazole rings is 1. The standard InChI is InChI=1S/C26H30N6O5/c1-26(2,3)37-25(35)32-12-10-31(11-13-32)19-9-7-17(22-18(19)15-29(4)28-22)23(33)27-16-6-8-20-21(14-16)36-24(34)30(20)5/h6-9,14-15H,10-13H2,1-5H3,(H,27,33). The first-order valence-electron chi connectivity index (χ1n) is 12.1. The highest BCUT2D eigenvalue weighted by Crippen LogP contribution is 2.30. The van der Waals surface area contributed by atoms with Gasteiger partial charge in [-0.1, -0.05) is 0 Å². The fourth-order valence-corrected chi connectivity index (χ4v) is 4.53. The molecular formula is C26H30N6O5. The van der Waals surface area contributed by atoms with Crippen LogP contribution in [0.15, 0.2) is 45.7 Å². The molecular weight excluding hydrogens is 476 g/mol. The van der Waals surface area contributed by atoms with Crippen LogP contribution >= 0.6 is 0 Å². The molecule has 11 nitrogen and oxygen atoms in total. The minimum atomic E-state index is -0.535. The number of carbonyl (C=O) groups is 2. The van der Waals surface area contributed by atoms with Gasteiger partial charge in [-0.2, -0.15) is 5.10 Å². The van der Waals surface area contributed by atoms with Crippen molar-refractivity contribution in [3.05, 3.63) is 52.6 Å². The summed E-state index contributed by atoms with van der Waals surface area (Å²) in [5, 5.41) is 8.30. The summed E-state index contributed by atoms with van der Waals surface area (Å²) in [5.74, 6) is -0.779. The van der Waals surface area contributed by atoms with Crippen LogP contribution in [0.25, 0.3) is 22.0 Å². The van der Waals surface area contributed by atoms with Gasteiger partial charge in [-0.05, 0) is 45.0 Å². The SMILES string of the molecule is Cn1cc2c(N3CCN(C(=O)OC(C)(C)C)CC3)ccc(C(=O)Nc3ccc4c(c3)oc(=O)n4C)c2n1. The van der Waals surface area contributed by atoms with Crippen molar-refractivity contribution in [2.75, 3.05) is 36.4 Å². The number of benzene rings is 2. The lowest BCUT2D eigenvalue weighted by Crippen LogP contribution is -2.50. The van der Waals surface area contributed by atoms with Crippen LogP contribution in [0.2, 0.25) is 0 Å². The molecule has 1 aliphatic heterocycles. The van der Waals surface area contributed by atoms with Gasteiger partial charge in [0.15, 0.2) is 5.58 Å². The van der Waals surface area contributed by atoms with Crippen molar-refractivity contribution in [1.29, 1.82) is 0 Å². The van der Waals surface area contributed by atoms with Gasteiger partial charge in [0.1, 0.15) is 11.1 Å². The van der Waals surface area contributed by atoms with Gasteiger partial charge < -0.3 is 24.3 Å². The van der Waals surface area contributed by atoms with Crippen molar-refractivity contribution >= 4 is 45.4 Å². The van der Waals surface area contributed by atoms with Gasteiger partial charge in [0.2, 0.25) is 0 Å². The molecule has 0 atom stereocenters. The van der Waals surface area contributed by atoms with E-state index in [1.807, 2.05) is 40.1 Å². The zero-order valence-corrected chi connectivity index (χ0v) is 21.6. The molecule has 37 heavy (non-hydrogen) atoms. The molecule has 4 aromatic rings. The van der Waals surface area contributed by atoms with E-state index in [2.05, 4.69) is 15.3 Å². The molecule has 2 amide bonds. The predicted molar refractivity (Wildman–Crippen MR) is 140 cm³/mol. The fourth-order valence-electron chi connectivity index (χ4n) is 4.53. The largest absolute Gasteiger partial charge is 0.444 e. The Labute approximate surface area is 213 Å². The molecule has 1 saturated heterocycles. The van der Waals surface area contributed by atoms with Crippen molar-refractivity contribution in [2.24, 2.45) is 14.1 Å². The van der Waals surface area contributed by atoms with Crippen LogP contribution in [-0.4, -0.2) is 63.0 Å². The van der Waals surface area contributed by atoms with E-state index in [4.69, 9.17) is 9.15 Å². The minimum absolute atomic E-state index is 0.307. The van der Waals surface area contributed by atoms with Crippen LogP contribution in [0.5, 0.6) is 0 Å². The van der Waals surface area contributed by atoms with E-state index in [1.54, 1.807) is 40.9 Å². The Morgan fingerprint density at radius 2 is 1.78 bits per heavy atom. The summed E-state index contributed by atoms with van der Waals surface area (Å²) in [5.41, 5.74) is 2.99. The molecule has 3 heterocycles. The van der Waals surface area contributed by atoms with Gasteiger partial charge in [-0.3, -0.25) is 14.0 Å². The first-order chi connectivity index (χ1) is 17.5. The number of carbonyl (C=O) groups excluding carboxylic acids is 2. The normalized spacial score (nSPS) is 14.4. The van der Waals surface area contributed by atoms with Crippen LogP contribution < -0.4 is 16.0 Å². The number of nitrogens with one attached hydrogen (secondary N) is 1. The number of fused-ring (bicyclic) bond motifs is 2. The van der Waals surface area contributed by atoms with Crippen LogP contribution in [0.4, 0.5) is 16.2 Å². The summed E-state index contributed by atoms with van der Waals surface area (Å²) in [6.45, 7) is 7.92. The number of aryl methyl sites for hydroxylation is 2. The van der Waals surface area contributed by atoms with Gasteiger partial charge in [0, 0.05) is 69.3 Å². The molecule has 0 aliphatic carbocycles. The van der Waals surface area contributed by atoms with E-state index < -0.39 is 11.4 Å². The average Bonchev–Trinajstić information content (AvgIpc) is 3.35. The van der Waals surface area contributed by atoms with Gasteiger partial charge in [-0.15, -0.1) is 0 Å². The molecule has 0 spiro atoms. The van der Waals surface area contributed by atoms with Gasteiger partial charge >= 0.3 is 11.8 Å². The summed E-state index contributed by atoms with van der Waals surface area (Å²) in [7, 11) is 3.44. The topological polar surface area (TPSA) is 115 Å². The molecule has 1 aliphatic rings. The monoisotopic (exact) mass is 506 g/mol. The second kappa shape index (κ2) is 8.99. The maximum Gasteiger partial charge on any atom is 0.419 e. The molecule has 5 rings (SSSR count). The fraction of sp³-hybridized carbons (Fsp3) is 0.385. The Kier molecular flexibility index (Phi) is 5.93. The van der Waals surface area contributed by atoms with Crippen molar-refractivity contribution in [3.8, 4) is 0 Å². The van der Waals surface area contributed by atoms with E-state index in [1.165, 1.54) is 4.57 Å². The van der Waals surface area contributed by atoms with Gasteiger partial charge in [0.25, 0.3) is 5.91 Å². The molecule has 2 aromatic carbocycles. The summed E-state index contributed by atoms with van der Waals surface area (Å²) < 4.78 is 13.8. The second-order valence-corrected chi connectivity index (χ2v) is 10.2. The number of amides is 2. The lowest BCUT2D eigenvalue weighted by Gasteiger charge is -2.37. The third-order valence-electron chi connectivity index (χ3n) is 6.33. The Hall–Kier alpha value is -4.28. The van der Waals surface area contributed by atoms with Crippen molar-refractivity contribution < 1.29 is 18.7 Å². The Balaban J connectivity index is 1.36. The maximum atomic E-state index is 13.2. The lowest BCUT2D eigenvalue weighted by molar-refractivity contribution is 0.0240. The van der Waals surface area contributed by atoms with E-state index in [0.29, 0.717) is 54.0 Å². The highest BCUT2D eigenvalue weighted by atomic mass is 16.6. The van der Waals surface area contributed by atoms with E-state index in [-0.39, 0.29) is 12.0 Å². The molecule has 0 unspecified atom stereocenters. The first-order valence-corrected chi connectivity index (χ1v) is 12.1. The van der Waals surface area contributed by atoms with Crippen LogP contribution in [-0.2, 0) is 18.8 Å². The Bertz CT molecular complexity index is 1570. The van der Waals surface area contributed by atoms with Crippen LogP contribution in [0.1, 0.15) is 31.1 Å². The van der Waals surface area contributed by atoms with Gasteiger partial charge in [0.05, 0.1) is 11.1 Å². The quantitative estimate of drug-likeness (QED) is 0.453. The Morgan fingerprint density at radius 1 is 1.05 bits per heavy atom. The first kappa shape index (κ1) is 24.4. The van der Waals surface area contributed by atoms with Gasteiger partial charge in [-0.25, -0.2) is 9.59 Å². The minimum Gasteiger partial charge on any atom is -0.444 e. The maximum absolute atomic E-state index is 13.2. The van der Waals surface area contributed by atoms with E-state index in [9.17, 15) is 14.4 Å². The van der Waals surface area contributed by atoms with Crippen molar-refractivity contribution in [1.82, 2.24) is 19.2 Å². The zero-order chi connectivity index (χ0) is 26.5. The molecule has 11 heteroatoms. The summed E-state index contributed by atoms with van der Waals surface area (Å²) in [6, 6.07) is 8.77. The van der Waals surface area contributed by atoms with Crippen molar-refractivity contribution in [2.45, 2.75) is 26.4 Å². The number of piperazine rings is 1. The lowest BCUT2D eigenvalue weighted by atomic mass is 10.1. The molecule has 1 fully saturated rings. The van der Waals surface area contributed by atoms with Crippen LogP contribution in [0, 0.1) is 0 Å². The van der Waals surface area contributed by atoms with Crippen LogP contribution in [0.3, 0.4) is 0 Å². The summed E-state index contributed by atoms with van der Waals surface area (Å²) in [6.07, 6.45) is 1.59. The number of hydrogen-bond acceptors (Lipinski definition) is 7. The summed E-state index contributed by atoms with van der Waals surface area (Å²) in [4.78, 5) is 41.4. The Morgan fingerprint density at radius 3 is 2.49 bits per heavy atom. The number of hydrogen-bond donors (Lipinski definition) is 1. The number of aromatic nitrogens is 3. The molecule has 194 valence electrons. The number of nitrogens with zero attached hydrogens (tertiary/aromatic N) is 5. The molecule has 0 bridgehead atoms.